The summed E-state index contributed by atoms with van der Waals surface area (Å²) < 4.78 is 33.8. The highest BCUT2D eigenvalue weighted by atomic mass is 19.4. The van der Waals surface area contributed by atoms with E-state index in [-0.39, 0.29) is 11.9 Å². The van der Waals surface area contributed by atoms with Gasteiger partial charge in [0.15, 0.2) is 0 Å². The molecule has 0 saturated carbocycles. The van der Waals surface area contributed by atoms with Crippen LogP contribution in [0.3, 0.4) is 0 Å². The molecule has 0 aliphatic carbocycles. The number of aliphatic carboxylic acids is 1. The van der Waals surface area contributed by atoms with Gasteiger partial charge in [-0.15, -0.1) is 0 Å². The first-order valence-corrected chi connectivity index (χ1v) is 11.7. The van der Waals surface area contributed by atoms with Gasteiger partial charge in [-0.25, -0.2) is 9.78 Å². The molecular formula is C27H25F3N4O3. The number of likely N-dealkylation sites (tertiary alicyclic amines) is 1. The Kier molecular flexibility index (Phi) is 7.56. The second-order valence-electron chi connectivity index (χ2n) is 8.73. The Balaban J connectivity index is 0.000000405. The van der Waals surface area contributed by atoms with Crippen molar-refractivity contribution in [2.45, 2.75) is 38.4 Å². The fourth-order valence-corrected chi connectivity index (χ4v) is 4.40. The number of halogens is 3. The molecule has 1 amide bonds. The summed E-state index contributed by atoms with van der Waals surface area (Å²) in [5.74, 6) is -2.58. The highest BCUT2D eigenvalue weighted by Gasteiger charge is 2.38. The van der Waals surface area contributed by atoms with Crippen molar-refractivity contribution < 1.29 is 27.9 Å². The Morgan fingerprint density at radius 1 is 1.08 bits per heavy atom. The van der Waals surface area contributed by atoms with Crippen molar-refractivity contribution in [2.24, 2.45) is 0 Å². The minimum Gasteiger partial charge on any atom is -0.475 e. The van der Waals surface area contributed by atoms with Crippen LogP contribution in [0.4, 0.5) is 13.2 Å². The van der Waals surface area contributed by atoms with Crippen LogP contribution < -0.4 is 0 Å². The van der Waals surface area contributed by atoms with Crippen LogP contribution in [0, 0.1) is 6.92 Å². The number of aryl methyl sites for hydroxylation is 1. The maximum absolute atomic E-state index is 13.1. The predicted molar refractivity (Wildman–Crippen MR) is 131 cm³/mol. The number of carbonyl (C=O) groups is 2. The standard InChI is InChI=1S/C25H24N4O.C2HF3O2/c1-18-6-2-3-7-19(18)14-24(30)29-13-5-9-23(29)25-22-11-10-21(16-28(22)17-27-25)20-8-4-12-26-15-20;3-2(4,5)1(6)7/h2-4,6-8,10-12,15-17,23H,5,9,13-14H2,1H3;(H,6,7). The van der Waals surface area contributed by atoms with Crippen LogP contribution in [0.15, 0.2) is 73.4 Å². The third-order valence-corrected chi connectivity index (χ3v) is 6.29. The lowest BCUT2D eigenvalue weighted by molar-refractivity contribution is -0.192. The molecular weight excluding hydrogens is 485 g/mol. The van der Waals surface area contributed by atoms with Crippen molar-refractivity contribution in [3.05, 3.63) is 90.3 Å². The van der Waals surface area contributed by atoms with E-state index in [0.29, 0.717) is 6.42 Å². The van der Waals surface area contributed by atoms with Gasteiger partial charge in [0, 0.05) is 30.7 Å². The van der Waals surface area contributed by atoms with E-state index in [1.807, 2.05) is 41.7 Å². The van der Waals surface area contributed by atoms with Crippen LogP contribution in [0.1, 0.15) is 35.7 Å². The van der Waals surface area contributed by atoms with Gasteiger partial charge in [0.05, 0.1) is 30.0 Å². The number of rotatable bonds is 4. The van der Waals surface area contributed by atoms with E-state index in [1.165, 1.54) is 0 Å². The molecule has 0 spiro atoms. The molecule has 4 heterocycles. The maximum Gasteiger partial charge on any atom is 0.490 e. The number of carbonyl (C=O) groups excluding carboxylic acids is 1. The van der Waals surface area contributed by atoms with Gasteiger partial charge in [-0.3, -0.25) is 9.78 Å². The highest BCUT2D eigenvalue weighted by molar-refractivity contribution is 5.80. The first-order chi connectivity index (χ1) is 17.6. The lowest BCUT2D eigenvalue weighted by Crippen LogP contribution is -2.32. The van der Waals surface area contributed by atoms with Crippen LogP contribution in [-0.4, -0.2) is 49.0 Å². The summed E-state index contributed by atoms with van der Waals surface area (Å²) in [4.78, 5) is 33.0. The number of pyridine rings is 2. The number of fused-ring (bicyclic) bond motifs is 1. The lowest BCUT2D eigenvalue weighted by atomic mass is 10.0. The molecule has 10 heteroatoms. The number of hydrogen-bond donors (Lipinski definition) is 1. The average molecular weight is 511 g/mol. The van der Waals surface area contributed by atoms with Crippen LogP contribution >= 0.6 is 0 Å². The van der Waals surface area contributed by atoms with E-state index in [2.05, 4.69) is 46.8 Å². The highest BCUT2D eigenvalue weighted by Crippen LogP contribution is 2.34. The number of aromatic nitrogens is 3. The number of carboxylic acid groups (broad SMARTS) is 1. The van der Waals surface area contributed by atoms with E-state index in [0.717, 1.165) is 52.9 Å². The van der Waals surface area contributed by atoms with Crippen molar-refractivity contribution in [3.8, 4) is 11.1 Å². The molecule has 7 nitrogen and oxygen atoms in total. The minimum atomic E-state index is -5.08. The zero-order chi connectivity index (χ0) is 26.6. The quantitative estimate of drug-likeness (QED) is 0.406. The SMILES string of the molecule is Cc1ccccc1CC(=O)N1CCCC1c1ncn2cc(-c3cccnc3)ccc12.O=C(O)C(F)(F)F. The summed E-state index contributed by atoms with van der Waals surface area (Å²) in [7, 11) is 0. The Morgan fingerprint density at radius 2 is 1.84 bits per heavy atom. The van der Waals surface area contributed by atoms with Gasteiger partial charge >= 0.3 is 12.1 Å². The summed E-state index contributed by atoms with van der Waals surface area (Å²) in [5.41, 5.74) is 6.48. The fourth-order valence-electron chi connectivity index (χ4n) is 4.40. The number of imidazole rings is 1. The number of alkyl halides is 3. The molecule has 0 bridgehead atoms. The van der Waals surface area contributed by atoms with E-state index >= 15 is 0 Å². The molecule has 1 aromatic carbocycles. The molecule has 1 atom stereocenters. The van der Waals surface area contributed by atoms with Crippen molar-refractivity contribution in [3.63, 3.8) is 0 Å². The largest absolute Gasteiger partial charge is 0.490 e. The monoisotopic (exact) mass is 510 g/mol. The summed E-state index contributed by atoms with van der Waals surface area (Å²) >= 11 is 0. The molecule has 1 unspecified atom stereocenters. The van der Waals surface area contributed by atoms with Gasteiger partial charge in [0.2, 0.25) is 5.91 Å². The molecule has 37 heavy (non-hydrogen) atoms. The molecule has 1 saturated heterocycles. The van der Waals surface area contributed by atoms with Gasteiger partial charge in [0.25, 0.3) is 0 Å². The van der Waals surface area contributed by atoms with Crippen LogP contribution in [0.5, 0.6) is 0 Å². The average Bonchev–Trinajstić information content (AvgIpc) is 3.52. The number of carboxylic acids is 1. The fraction of sp³-hybridized carbons (Fsp3) is 0.259. The van der Waals surface area contributed by atoms with Gasteiger partial charge in [-0.1, -0.05) is 36.4 Å². The van der Waals surface area contributed by atoms with Crippen molar-refractivity contribution in [1.82, 2.24) is 19.3 Å². The first kappa shape index (κ1) is 25.9. The molecule has 0 radical (unpaired) electrons. The number of benzene rings is 1. The Morgan fingerprint density at radius 3 is 2.51 bits per heavy atom. The molecule has 1 fully saturated rings. The van der Waals surface area contributed by atoms with E-state index < -0.39 is 12.1 Å². The Hall–Kier alpha value is -4.21. The number of hydrogen-bond acceptors (Lipinski definition) is 4. The zero-order valence-electron chi connectivity index (χ0n) is 20.0. The molecule has 3 aromatic heterocycles. The molecule has 5 rings (SSSR count). The van der Waals surface area contributed by atoms with Gasteiger partial charge in [-0.05, 0) is 48.6 Å². The normalized spacial score (nSPS) is 15.4. The summed E-state index contributed by atoms with van der Waals surface area (Å²) in [6, 6.07) is 16.4. The smallest absolute Gasteiger partial charge is 0.475 e. The van der Waals surface area contributed by atoms with Gasteiger partial charge in [-0.2, -0.15) is 13.2 Å². The maximum atomic E-state index is 13.1. The summed E-state index contributed by atoms with van der Waals surface area (Å²) in [6.07, 6.45) is 4.90. The minimum absolute atomic E-state index is 0.0377. The topological polar surface area (TPSA) is 87.8 Å². The molecule has 1 N–H and O–H groups in total. The van der Waals surface area contributed by atoms with Gasteiger partial charge in [0.1, 0.15) is 0 Å². The second kappa shape index (κ2) is 10.8. The third-order valence-electron chi connectivity index (χ3n) is 6.29. The van der Waals surface area contributed by atoms with Gasteiger partial charge < -0.3 is 14.4 Å². The van der Waals surface area contributed by atoms with E-state index in [4.69, 9.17) is 14.9 Å². The molecule has 192 valence electrons. The predicted octanol–water partition coefficient (Wildman–Crippen LogP) is 5.24. The molecule has 1 aliphatic rings. The lowest BCUT2D eigenvalue weighted by Gasteiger charge is -2.24. The van der Waals surface area contributed by atoms with Crippen molar-refractivity contribution in [1.29, 1.82) is 0 Å². The van der Waals surface area contributed by atoms with Crippen molar-refractivity contribution in [2.75, 3.05) is 6.54 Å². The Labute approximate surface area is 211 Å². The molecule has 4 aromatic rings. The Bertz CT molecular complexity index is 1400. The first-order valence-electron chi connectivity index (χ1n) is 11.7. The van der Waals surface area contributed by atoms with Crippen LogP contribution in [-0.2, 0) is 16.0 Å². The van der Waals surface area contributed by atoms with E-state index in [9.17, 15) is 18.0 Å². The number of amides is 1. The zero-order valence-corrected chi connectivity index (χ0v) is 20.0. The third kappa shape index (κ3) is 5.96. The van der Waals surface area contributed by atoms with Crippen LogP contribution in [0.2, 0.25) is 0 Å². The van der Waals surface area contributed by atoms with E-state index in [1.54, 1.807) is 6.20 Å². The van der Waals surface area contributed by atoms with Crippen LogP contribution in [0.25, 0.3) is 16.6 Å². The summed E-state index contributed by atoms with van der Waals surface area (Å²) in [5, 5.41) is 7.12. The molecule has 1 aliphatic heterocycles. The second-order valence-corrected chi connectivity index (χ2v) is 8.73. The van der Waals surface area contributed by atoms with Crippen molar-refractivity contribution >= 4 is 17.4 Å². The summed E-state index contributed by atoms with van der Waals surface area (Å²) in [6.45, 7) is 2.86. The number of nitrogens with zero attached hydrogens (tertiary/aromatic N) is 4.